The van der Waals surface area contributed by atoms with Gasteiger partial charge in [-0.15, -0.1) is 0 Å². The third kappa shape index (κ3) is 3.45. The van der Waals surface area contributed by atoms with Crippen LogP contribution in [-0.2, 0) is 18.6 Å². The fraction of sp³-hybridized carbons (Fsp3) is 0.667. The average molecular weight is 251 g/mol. The molecule has 0 unspecified atom stereocenters. The summed E-state index contributed by atoms with van der Waals surface area (Å²) < 4.78 is 1.83. The molecule has 0 fully saturated rings. The Labute approximate surface area is 109 Å². The van der Waals surface area contributed by atoms with Crippen molar-refractivity contribution in [1.82, 2.24) is 4.57 Å². The molecule has 102 valence electrons. The number of pyridine rings is 1. The van der Waals surface area contributed by atoms with Crippen molar-refractivity contribution in [3.8, 4) is 0 Å². The Morgan fingerprint density at radius 3 is 2.39 bits per heavy atom. The Morgan fingerprint density at radius 1 is 1.22 bits per heavy atom. The lowest BCUT2D eigenvalue weighted by Gasteiger charge is -2.24. The van der Waals surface area contributed by atoms with E-state index in [1.165, 1.54) is 0 Å². The van der Waals surface area contributed by atoms with E-state index in [0.29, 0.717) is 5.56 Å². The van der Waals surface area contributed by atoms with Gasteiger partial charge < -0.3 is 9.67 Å². The second kappa shape index (κ2) is 6.19. The number of unbranched alkanes of at least 4 members (excludes halogenated alkanes) is 2. The molecular formula is C15H25NO2. The number of aliphatic hydroxyl groups excluding tert-OH is 1. The van der Waals surface area contributed by atoms with Crippen LogP contribution in [0.5, 0.6) is 0 Å². The number of aromatic nitrogens is 1. The highest BCUT2D eigenvalue weighted by Crippen LogP contribution is 2.21. The molecular weight excluding hydrogens is 226 g/mol. The van der Waals surface area contributed by atoms with Gasteiger partial charge in [-0.25, -0.2) is 0 Å². The number of hydrogen-bond acceptors (Lipinski definition) is 2. The summed E-state index contributed by atoms with van der Waals surface area (Å²) >= 11 is 0. The first-order chi connectivity index (χ1) is 8.41. The van der Waals surface area contributed by atoms with Crippen LogP contribution in [0.2, 0.25) is 0 Å². The van der Waals surface area contributed by atoms with E-state index in [1.54, 1.807) is 6.07 Å². The molecule has 1 N–H and O–H groups in total. The summed E-state index contributed by atoms with van der Waals surface area (Å²) in [5, 5.41) is 9.19. The van der Waals surface area contributed by atoms with Crippen LogP contribution in [0.3, 0.4) is 0 Å². The third-order valence-corrected chi connectivity index (χ3v) is 3.18. The highest BCUT2D eigenvalue weighted by molar-refractivity contribution is 5.21. The summed E-state index contributed by atoms with van der Waals surface area (Å²) in [6.07, 6.45) is 3.27. The molecule has 1 heterocycles. The van der Waals surface area contributed by atoms with E-state index in [0.717, 1.165) is 31.5 Å². The molecule has 18 heavy (non-hydrogen) atoms. The Kier molecular flexibility index (Phi) is 5.15. The Balaban J connectivity index is 3.19. The van der Waals surface area contributed by atoms with E-state index in [9.17, 15) is 9.90 Å². The Morgan fingerprint density at radius 2 is 1.89 bits per heavy atom. The van der Waals surface area contributed by atoms with Crippen LogP contribution in [0, 0.1) is 0 Å². The number of nitrogens with zero attached hydrogens (tertiary/aromatic N) is 1. The maximum Gasteiger partial charge on any atom is 0.256 e. The van der Waals surface area contributed by atoms with Gasteiger partial charge in [0.2, 0.25) is 0 Å². The molecule has 0 spiro atoms. The van der Waals surface area contributed by atoms with Crippen LogP contribution in [0.4, 0.5) is 0 Å². The molecule has 0 radical (unpaired) electrons. The molecule has 3 heteroatoms. The monoisotopic (exact) mass is 251 g/mol. The van der Waals surface area contributed by atoms with Crippen LogP contribution >= 0.6 is 0 Å². The minimum Gasteiger partial charge on any atom is -0.391 e. The van der Waals surface area contributed by atoms with E-state index in [4.69, 9.17) is 0 Å². The van der Waals surface area contributed by atoms with E-state index in [-0.39, 0.29) is 17.6 Å². The zero-order valence-corrected chi connectivity index (χ0v) is 12.0. The largest absolute Gasteiger partial charge is 0.391 e. The first-order valence-electron chi connectivity index (χ1n) is 6.76. The van der Waals surface area contributed by atoms with Gasteiger partial charge in [0.05, 0.1) is 6.61 Å². The van der Waals surface area contributed by atoms with Crippen molar-refractivity contribution in [2.24, 2.45) is 0 Å². The molecule has 1 aromatic heterocycles. The van der Waals surface area contributed by atoms with Crippen molar-refractivity contribution in [2.75, 3.05) is 0 Å². The molecule has 0 aromatic carbocycles. The van der Waals surface area contributed by atoms with Gasteiger partial charge in [0.1, 0.15) is 0 Å². The van der Waals surface area contributed by atoms with Gasteiger partial charge in [0, 0.05) is 23.2 Å². The predicted octanol–water partition coefficient (Wildman–Crippen LogP) is 2.83. The van der Waals surface area contributed by atoms with Crippen LogP contribution in [0.25, 0.3) is 0 Å². The SMILES string of the molecule is CCCCCn1c(C(C)(C)C)ccc(CO)c1=O. The van der Waals surface area contributed by atoms with Gasteiger partial charge in [-0.3, -0.25) is 4.79 Å². The summed E-state index contributed by atoms with van der Waals surface area (Å²) in [5.41, 5.74) is 1.43. The van der Waals surface area contributed by atoms with Gasteiger partial charge in [0.15, 0.2) is 0 Å². The van der Waals surface area contributed by atoms with Crippen molar-refractivity contribution in [2.45, 2.75) is 65.5 Å². The van der Waals surface area contributed by atoms with Crippen molar-refractivity contribution < 1.29 is 5.11 Å². The zero-order chi connectivity index (χ0) is 13.8. The number of rotatable bonds is 5. The minimum atomic E-state index is -0.183. The van der Waals surface area contributed by atoms with E-state index < -0.39 is 0 Å². The maximum atomic E-state index is 12.3. The van der Waals surface area contributed by atoms with Crippen LogP contribution < -0.4 is 5.56 Å². The van der Waals surface area contributed by atoms with Crippen molar-refractivity contribution in [3.63, 3.8) is 0 Å². The summed E-state index contributed by atoms with van der Waals surface area (Å²) in [4.78, 5) is 12.3. The molecule has 0 aliphatic carbocycles. The van der Waals surface area contributed by atoms with E-state index in [1.807, 2.05) is 10.6 Å². The smallest absolute Gasteiger partial charge is 0.256 e. The molecule has 0 bridgehead atoms. The molecule has 0 aliphatic heterocycles. The fourth-order valence-electron chi connectivity index (χ4n) is 2.14. The Hall–Kier alpha value is -1.09. The summed E-state index contributed by atoms with van der Waals surface area (Å²) in [7, 11) is 0. The predicted molar refractivity (Wildman–Crippen MR) is 74.8 cm³/mol. The zero-order valence-electron chi connectivity index (χ0n) is 12.0. The number of hydrogen-bond donors (Lipinski definition) is 1. The highest BCUT2D eigenvalue weighted by Gasteiger charge is 2.19. The summed E-state index contributed by atoms with van der Waals surface area (Å²) in [5.74, 6) is 0. The molecule has 0 amide bonds. The topological polar surface area (TPSA) is 42.2 Å². The summed E-state index contributed by atoms with van der Waals surface area (Å²) in [6.45, 7) is 9.03. The Bertz CT molecular complexity index is 441. The van der Waals surface area contributed by atoms with Gasteiger partial charge >= 0.3 is 0 Å². The standard InChI is InChI=1S/C15H25NO2/c1-5-6-7-10-16-13(15(2,3)4)9-8-12(11-17)14(16)18/h8-9,17H,5-7,10-11H2,1-4H3. The second-order valence-corrected chi connectivity index (χ2v) is 5.82. The minimum absolute atomic E-state index is 0.0407. The quantitative estimate of drug-likeness (QED) is 0.818. The lowest BCUT2D eigenvalue weighted by Crippen LogP contribution is -2.31. The molecule has 1 rings (SSSR count). The van der Waals surface area contributed by atoms with Crippen LogP contribution in [0.15, 0.2) is 16.9 Å². The van der Waals surface area contributed by atoms with Gasteiger partial charge in [-0.1, -0.05) is 40.5 Å². The van der Waals surface area contributed by atoms with Gasteiger partial charge in [0.25, 0.3) is 5.56 Å². The molecule has 0 saturated carbocycles. The second-order valence-electron chi connectivity index (χ2n) is 5.82. The maximum absolute atomic E-state index is 12.3. The molecule has 0 aliphatic rings. The first kappa shape index (κ1) is 15.0. The van der Waals surface area contributed by atoms with Crippen molar-refractivity contribution >= 4 is 0 Å². The lowest BCUT2D eigenvalue weighted by molar-refractivity contribution is 0.278. The highest BCUT2D eigenvalue weighted by atomic mass is 16.3. The van der Waals surface area contributed by atoms with E-state index in [2.05, 4.69) is 27.7 Å². The molecule has 3 nitrogen and oxygen atoms in total. The van der Waals surface area contributed by atoms with Crippen molar-refractivity contribution in [1.29, 1.82) is 0 Å². The number of aliphatic hydroxyl groups is 1. The van der Waals surface area contributed by atoms with Gasteiger partial charge in [-0.2, -0.15) is 0 Å². The molecule has 1 aromatic rings. The van der Waals surface area contributed by atoms with Crippen molar-refractivity contribution in [3.05, 3.63) is 33.7 Å². The third-order valence-electron chi connectivity index (χ3n) is 3.18. The first-order valence-corrected chi connectivity index (χ1v) is 6.76. The van der Waals surface area contributed by atoms with Gasteiger partial charge in [-0.05, 0) is 18.6 Å². The van der Waals surface area contributed by atoms with Crippen LogP contribution in [0.1, 0.15) is 58.2 Å². The fourth-order valence-corrected chi connectivity index (χ4v) is 2.14. The normalized spacial score (nSPS) is 11.8. The average Bonchev–Trinajstić information content (AvgIpc) is 2.29. The van der Waals surface area contributed by atoms with E-state index >= 15 is 0 Å². The summed E-state index contributed by atoms with van der Waals surface area (Å²) in [6, 6.07) is 3.72. The lowest BCUT2D eigenvalue weighted by atomic mass is 9.90. The molecule has 0 atom stereocenters. The van der Waals surface area contributed by atoms with Crippen LogP contribution in [-0.4, -0.2) is 9.67 Å². The molecule has 0 saturated heterocycles.